The number of amides is 1. The molecule has 1 heterocycles. The molecular formula is C15H20FN3OS. The molecule has 0 bridgehead atoms. The molecular weight excluding hydrogens is 289 g/mol. The van der Waals surface area contributed by atoms with Crippen molar-refractivity contribution in [2.75, 3.05) is 32.9 Å². The Bertz CT molecular complexity index is 639. The number of carbonyl (C=O) groups is 1. The van der Waals surface area contributed by atoms with E-state index in [-0.39, 0.29) is 17.4 Å². The molecule has 0 atom stereocenters. The van der Waals surface area contributed by atoms with Crippen LogP contribution in [0, 0.1) is 5.82 Å². The summed E-state index contributed by atoms with van der Waals surface area (Å²) in [5.41, 5.74) is 6.15. The van der Waals surface area contributed by atoms with Crippen molar-refractivity contribution < 1.29 is 9.18 Å². The number of anilines is 1. The first kappa shape index (κ1) is 15.7. The number of halogens is 1. The van der Waals surface area contributed by atoms with Crippen molar-refractivity contribution >= 4 is 33.0 Å². The number of nitrogens with zero attached hydrogens (tertiary/aromatic N) is 1. The van der Waals surface area contributed by atoms with E-state index in [1.165, 1.54) is 17.4 Å². The highest BCUT2D eigenvalue weighted by molar-refractivity contribution is 7.21. The van der Waals surface area contributed by atoms with E-state index in [0.29, 0.717) is 21.5 Å². The van der Waals surface area contributed by atoms with Gasteiger partial charge in [0, 0.05) is 11.2 Å². The Balaban J connectivity index is 2.00. The second-order valence-corrected chi connectivity index (χ2v) is 6.28. The molecule has 0 saturated carbocycles. The van der Waals surface area contributed by atoms with E-state index in [2.05, 4.69) is 10.2 Å². The third-order valence-corrected chi connectivity index (χ3v) is 4.39. The summed E-state index contributed by atoms with van der Waals surface area (Å²) in [4.78, 5) is 14.6. The van der Waals surface area contributed by atoms with Crippen LogP contribution in [0.1, 0.15) is 22.5 Å². The first-order valence-corrected chi connectivity index (χ1v) is 7.71. The summed E-state index contributed by atoms with van der Waals surface area (Å²) in [6, 6.07) is 4.75. The number of nitrogen functional groups attached to an aromatic ring is 1. The molecule has 0 spiro atoms. The molecule has 3 N–H and O–H groups in total. The van der Waals surface area contributed by atoms with Crippen molar-refractivity contribution in [3.8, 4) is 0 Å². The second kappa shape index (κ2) is 6.87. The zero-order chi connectivity index (χ0) is 15.4. The van der Waals surface area contributed by atoms with E-state index in [4.69, 9.17) is 5.73 Å². The minimum atomic E-state index is -0.383. The smallest absolute Gasteiger partial charge is 0.263 e. The van der Waals surface area contributed by atoms with E-state index >= 15 is 0 Å². The van der Waals surface area contributed by atoms with Gasteiger partial charge < -0.3 is 16.0 Å². The predicted molar refractivity (Wildman–Crippen MR) is 86.3 cm³/mol. The average Bonchev–Trinajstić information content (AvgIpc) is 2.76. The van der Waals surface area contributed by atoms with Crippen molar-refractivity contribution in [2.24, 2.45) is 0 Å². The monoisotopic (exact) mass is 309 g/mol. The Morgan fingerprint density at radius 1 is 1.38 bits per heavy atom. The van der Waals surface area contributed by atoms with Crippen molar-refractivity contribution in [1.82, 2.24) is 10.2 Å². The molecule has 0 radical (unpaired) electrons. The number of thiophene rings is 1. The lowest BCUT2D eigenvalue weighted by molar-refractivity contribution is 0.0957. The summed E-state index contributed by atoms with van der Waals surface area (Å²) >= 11 is 1.23. The molecule has 1 amide bonds. The van der Waals surface area contributed by atoms with Gasteiger partial charge in [-0.1, -0.05) is 6.07 Å². The van der Waals surface area contributed by atoms with E-state index in [1.54, 1.807) is 12.1 Å². The molecule has 6 heteroatoms. The van der Waals surface area contributed by atoms with Gasteiger partial charge in [0.2, 0.25) is 0 Å². The number of nitrogens with one attached hydrogen (secondary N) is 1. The maximum Gasteiger partial charge on any atom is 0.263 e. The number of fused-ring (bicyclic) bond motifs is 1. The molecule has 0 aliphatic heterocycles. The Morgan fingerprint density at radius 2 is 2.14 bits per heavy atom. The van der Waals surface area contributed by atoms with Gasteiger partial charge in [0.05, 0.1) is 11.1 Å². The molecule has 2 rings (SSSR count). The van der Waals surface area contributed by atoms with Crippen LogP contribution in [-0.2, 0) is 0 Å². The summed E-state index contributed by atoms with van der Waals surface area (Å²) in [6.45, 7) is 1.59. The van der Waals surface area contributed by atoms with E-state index in [1.807, 2.05) is 14.1 Å². The molecule has 0 aliphatic rings. The minimum Gasteiger partial charge on any atom is -0.397 e. The van der Waals surface area contributed by atoms with E-state index < -0.39 is 0 Å². The van der Waals surface area contributed by atoms with Crippen LogP contribution in [0.5, 0.6) is 0 Å². The van der Waals surface area contributed by atoms with Crippen LogP contribution in [0.25, 0.3) is 10.1 Å². The maximum atomic E-state index is 13.7. The van der Waals surface area contributed by atoms with Crippen LogP contribution in [0.4, 0.5) is 10.1 Å². The van der Waals surface area contributed by atoms with Gasteiger partial charge in [-0.2, -0.15) is 0 Å². The molecule has 0 saturated heterocycles. The second-order valence-electron chi connectivity index (χ2n) is 5.22. The van der Waals surface area contributed by atoms with Crippen molar-refractivity contribution in [3.05, 3.63) is 28.9 Å². The molecule has 4 nitrogen and oxygen atoms in total. The largest absolute Gasteiger partial charge is 0.397 e. The Hall–Kier alpha value is -1.66. The first-order chi connectivity index (χ1) is 10.0. The number of unbranched alkanes of at least 4 members (excludes halogenated alkanes) is 1. The fourth-order valence-corrected chi connectivity index (χ4v) is 3.19. The molecule has 21 heavy (non-hydrogen) atoms. The molecule has 0 unspecified atom stereocenters. The Kier molecular flexibility index (Phi) is 5.14. The summed E-state index contributed by atoms with van der Waals surface area (Å²) < 4.78 is 14.4. The number of rotatable bonds is 6. The third-order valence-electron chi connectivity index (χ3n) is 3.23. The zero-order valence-electron chi connectivity index (χ0n) is 12.3. The normalized spacial score (nSPS) is 11.2. The zero-order valence-corrected chi connectivity index (χ0v) is 13.1. The number of hydrogen-bond acceptors (Lipinski definition) is 4. The van der Waals surface area contributed by atoms with Gasteiger partial charge in [-0.3, -0.25) is 4.79 Å². The summed E-state index contributed by atoms with van der Waals surface area (Å²) in [5, 5.41) is 3.19. The average molecular weight is 309 g/mol. The van der Waals surface area contributed by atoms with Crippen LogP contribution in [0.15, 0.2) is 18.2 Å². The Morgan fingerprint density at radius 3 is 2.81 bits per heavy atom. The van der Waals surface area contributed by atoms with Gasteiger partial charge in [-0.05, 0) is 45.6 Å². The molecule has 0 aliphatic carbocycles. The summed E-state index contributed by atoms with van der Waals surface area (Å²) in [7, 11) is 4.04. The Labute approximate surface area is 127 Å². The van der Waals surface area contributed by atoms with Gasteiger partial charge in [0.25, 0.3) is 5.91 Å². The minimum absolute atomic E-state index is 0.224. The highest BCUT2D eigenvalue weighted by Gasteiger charge is 2.18. The molecule has 1 aromatic carbocycles. The lowest BCUT2D eigenvalue weighted by Gasteiger charge is -2.09. The van der Waals surface area contributed by atoms with Gasteiger partial charge in [0.15, 0.2) is 0 Å². The molecule has 2 aromatic rings. The van der Waals surface area contributed by atoms with Crippen LogP contribution in [0.3, 0.4) is 0 Å². The quantitative estimate of drug-likeness (QED) is 0.807. The lowest BCUT2D eigenvalue weighted by atomic mass is 10.2. The topological polar surface area (TPSA) is 58.4 Å². The highest BCUT2D eigenvalue weighted by atomic mass is 32.1. The SMILES string of the molecule is CN(C)CCCCNC(=O)c1sc2cccc(F)c2c1N. The maximum absolute atomic E-state index is 13.7. The molecule has 0 fully saturated rings. The van der Waals surface area contributed by atoms with Crippen LogP contribution in [0.2, 0.25) is 0 Å². The number of nitrogens with two attached hydrogens (primary N) is 1. The van der Waals surface area contributed by atoms with Crippen LogP contribution >= 0.6 is 11.3 Å². The van der Waals surface area contributed by atoms with Gasteiger partial charge >= 0.3 is 0 Å². The van der Waals surface area contributed by atoms with Gasteiger partial charge in [-0.15, -0.1) is 11.3 Å². The fourth-order valence-electron chi connectivity index (χ4n) is 2.13. The fraction of sp³-hybridized carbons (Fsp3) is 0.400. The summed E-state index contributed by atoms with van der Waals surface area (Å²) in [6.07, 6.45) is 1.92. The molecule has 1 aromatic heterocycles. The summed E-state index contributed by atoms with van der Waals surface area (Å²) in [5.74, 6) is -0.607. The first-order valence-electron chi connectivity index (χ1n) is 6.90. The van der Waals surface area contributed by atoms with Crippen LogP contribution in [-0.4, -0.2) is 38.0 Å². The lowest BCUT2D eigenvalue weighted by Crippen LogP contribution is -2.25. The third kappa shape index (κ3) is 3.71. The number of hydrogen-bond donors (Lipinski definition) is 2. The van der Waals surface area contributed by atoms with Crippen LogP contribution < -0.4 is 11.1 Å². The van der Waals surface area contributed by atoms with Crippen molar-refractivity contribution in [2.45, 2.75) is 12.8 Å². The molecule has 114 valence electrons. The van der Waals surface area contributed by atoms with E-state index in [9.17, 15) is 9.18 Å². The highest BCUT2D eigenvalue weighted by Crippen LogP contribution is 2.35. The number of carbonyl (C=O) groups excluding carboxylic acids is 1. The van der Waals surface area contributed by atoms with Gasteiger partial charge in [0.1, 0.15) is 10.7 Å². The van der Waals surface area contributed by atoms with E-state index in [0.717, 1.165) is 19.4 Å². The standard InChI is InChI=1S/C15H20FN3OS/c1-19(2)9-4-3-8-18-15(20)14-13(17)12-10(16)6-5-7-11(12)21-14/h5-7H,3-4,8-9,17H2,1-2H3,(H,18,20). The predicted octanol–water partition coefficient (Wildman–Crippen LogP) is 2.69. The number of benzene rings is 1. The van der Waals surface area contributed by atoms with Crippen molar-refractivity contribution in [3.63, 3.8) is 0 Å². The van der Waals surface area contributed by atoms with Gasteiger partial charge in [-0.25, -0.2) is 4.39 Å². The van der Waals surface area contributed by atoms with Crippen molar-refractivity contribution in [1.29, 1.82) is 0 Å².